The Balaban J connectivity index is 2.71. The van der Waals surface area contributed by atoms with Crippen LogP contribution in [-0.4, -0.2) is 46.6 Å². The van der Waals surface area contributed by atoms with E-state index >= 15 is 0 Å². The van der Waals surface area contributed by atoms with Gasteiger partial charge in [-0.2, -0.15) is 0 Å². The summed E-state index contributed by atoms with van der Waals surface area (Å²) in [5.74, 6) is -0.676. The van der Waals surface area contributed by atoms with Crippen molar-refractivity contribution in [1.29, 1.82) is 0 Å². The number of carboxylic acids is 1. The quantitative estimate of drug-likeness (QED) is 0.542. The van der Waals surface area contributed by atoms with E-state index in [1.807, 2.05) is 0 Å². The number of aliphatic carboxylic acids is 1. The number of carboxylic acid groups (broad SMARTS) is 1. The van der Waals surface area contributed by atoms with Crippen LogP contribution in [0.4, 0.5) is 0 Å². The molecule has 0 fully saturated rings. The lowest BCUT2D eigenvalue weighted by molar-refractivity contribution is -0.271. The van der Waals surface area contributed by atoms with Crippen molar-refractivity contribution in [3.8, 4) is 34.5 Å². The van der Waals surface area contributed by atoms with Crippen LogP contribution in [0.5, 0.6) is 34.5 Å². The van der Waals surface area contributed by atoms with Crippen molar-refractivity contribution in [1.82, 2.24) is 0 Å². The van der Waals surface area contributed by atoms with Crippen LogP contribution in [0.25, 0.3) is 11.6 Å². The lowest BCUT2D eigenvalue weighted by Gasteiger charge is -2.19. The molecule has 8 nitrogen and oxygen atoms in total. The molecule has 2 rings (SSSR count). The Bertz CT molecular complexity index is 876. The average molecular weight is 389 g/mol. The standard InChI is InChI=1S/C20H22O8/c1-24-14-7-6-11(18(27-4)17(14)21)8-13(20(22)23)12-9-15(25-2)19(28-5)16(10-12)26-3/h6-10,21H,1-5H3,(H,22,23)/p-1/b13-8+. The van der Waals surface area contributed by atoms with Crippen LogP contribution >= 0.6 is 0 Å². The lowest BCUT2D eigenvalue weighted by atomic mass is 10.0. The topological polar surface area (TPSA) is 107 Å². The first-order valence-corrected chi connectivity index (χ1v) is 8.09. The second kappa shape index (κ2) is 8.90. The van der Waals surface area contributed by atoms with Crippen LogP contribution in [0.1, 0.15) is 11.1 Å². The third-order valence-corrected chi connectivity index (χ3v) is 4.04. The predicted molar refractivity (Wildman–Crippen MR) is 101 cm³/mol. The maximum Gasteiger partial charge on any atom is 0.336 e. The van der Waals surface area contributed by atoms with Gasteiger partial charge in [0.15, 0.2) is 11.5 Å². The van der Waals surface area contributed by atoms with Crippen molar-refractivity contribution in [2.75, 3.05) is 35.5 Å². The second-order valence-corrected chi connectivity index (χ2v) is 5.50. The SMILES string of the molecule is COc1ccc(/C=C(/C(=O)O)c2cc(OC)c(OC)c(OC)c2)c(OC)c1[O-]. The molecule has 0 heterocycles. The van der Waals surface area contributed by atoms with E-state index in [-0.39, 0.29) is 17.1 Å². The molecule has 0 amide bonds. The molecule has 2 aromatic rings. The van der Waals surface area contributed by atoms with Gasteiger partial charge in [-0.3, -0.25) is 0 Å². The lowest BCUT2D eigenvalue weighted by Crippen LogP contribution is -2.04. The normalized spacial score (nSPS) is 11.0. The summed E-state index contributed by atoms with van der Waals surface area (Å²) in [6, 6.07) is 6.01. The molecule has 0 radical (unpaired) electrons. The first kappa shape index (κ1) is 20.8. The summed E-state index contributed by atoms with van der Waals surface area (Å²) in [6.07, 6.45) is 1.34. The van der Waals surface area contributed by atoms with Crippen LogP contribution < -0.4 is 28.8 Å². The minimum Gasteiger partial charge on any atom is -0.867 e. The maximum atomic E-state index is 12.3. The summed E-state index contributed by atoms with van der Waals surface area (Å²) < 4.78 is 26.0. The number of benzene rings is 2. The molecule has 0 aliphatic rings. The molecule has 28 heavy (non-hydrogen) atoms. The zero-order valence-electron chi connectivity index (χ0n) is 16.2. The molecule has 2 aromatic carbocycles. The molecular weight excluding hydrogens is 368 g/mol. The van der Waals surface area contributed by atoms with E-state index in [9.17, 15) is 15.0 Å². The summed E-state index contributed by atoms with van der Waals surface area (Å²) >= 11 is 0. The van der Waals surface area contributed by atoms with Crippen LogP contribution in [0, 0.1) is 0 Å². The Hall–Kier alpha value is -3.55. The highest BCUT2D eigenvalue weighted by molar-refractivity contribution is 6.21. The molecular formula is C20H21O8-. The highest BCUT2D eigenvalue weighted by Gasteiger charge is 2.19. The predicted octanol–water partition coefficient (Wildman–Crippen LogP) is 2.43. The van der Waals surface area contributed by atoms with E-state index in [2.05, 4.69) is 0 Å². The molecule has 0 saturated carbocycles. The van der Waals surface area contributed by atoms with Crippen molar-refractivity contribution in [3.63, 3.8) is 0 Å². The highest BCUT2D eigenvalue weighted by atomic mass is 16.5. The molecule has 8 heteroatoms. The molecule has 0 aromatic heterocycles. The van der Waals surface area contributed by atoms with E-state index in [4.69, 9.17) is 23.7 Å². The fourth-order valence-electron chi connectivity index (χ4n) is 2.71. The van der Waals surface area contributed by atoms with Gasteiger partial charge in [0, 0.05) is 5.56 Å². The zero-order chi connectivity index (χ0) is 20.8. The summed E-state index contributed by atoms with van der Waals surface area (Å²) in [6.45, 7) is 0. The van der Waals surface area contributed by atoms with E-state index in [1.54, 1.807) is 6.07 Å². The van der Waals surface area contributed by atoms with Crippen molar-refractivity contribution in [2.45, 2.75) is 0 Å². The Kier molecular flexibility index (Phi) is 6.59. The van der Waals surface area contributed by atoms with E-state index in [1.165, 1.54) is 59.8 Å². The fourth-order valence-corrected chi connectivity index (χ4v) is 2.71. The molecule has 1 N–H and O–H groups in total. The highest BCUT2D eigenvalue weighted by Crippen LogP contribution is 2.42. The number of hydrogen-bond acceptors (Lipinski definition) is 7. The molecule has 150 valence electrons. The second-order valence-electron chi connectivity index (χ2n) is 5.50. The third-order valence-electron chi connectivity index (χ3n) is 4.04. The van der Waals surface area contributed by atoms with Gasteiger partial charge in [0.1, 0.15) is 11.5 Å². The van der Waals surface area contributed by atoms with Crippen molar-refractivity contribution < 1.29 is 38.7 Å². The summed E-state index contributed by atoms with van der Waals surface area (Å²) in [7, 11) is 7.01. The van der Waals surface area contributed by atoms with Crippen LogP contribution in [-0.2, 0) is 4.79 Å². The van der Waals surface area contributed by atoms with Gasteiger partial charge in [0.2, 0.25) is 5.75 Å². The van der Waals surface area contributed by atoms with Gasteiger partial charge in [-0.05, 0) is 41.7 Å². The first-order valence-electron chi connectivity index (χ1n) is 8.09. The van der Waals surface area contributed by atoms with Crippen LogP contribution in [0.2, 0.25) is 0 Å². The average Bonchev–Trinajstić information content (AvgIpc) is 2.70. The Morgan fingerprint density at radius 1 is 0.857 bits per heavy atom. The van der Waals surface area contributed by atoms with Gasteiger partial charge in [0.05, 0.1) is 41.1 Å². The van der Waals surface area contributed by atoms with Gasteiger partial charge < -0.3 is 33.9 Å². The van der Waals surface area contributed by atoms with Gasteiger partial charge in [-0.1, -0.05) is 0 Å². The van der Waals surface area contributed by atoms with Crippen LogP contribution in [0.3, 0.4) is 0 Å². The van der Waals surface area contributed by atoms with Crippen LogP contribution in [0.15, 0.2) is 24.3 Å². The minimum atomic E-state index is -1.21. The number of ether oxygens (including phenoxy) is 5. The minimum absolute atomic E-state index is 0.0226. The molecule has 0 saturated heterocycles. The van der Waals surface area contributed by atoms with Gasteiger partial charge >= 0.3 is 5.97 Å². The Morgan fingerprint density at radius 2 is 1.39 bits per heavy atom. The molecule has 0 spiro atoms. The largest absolute Gasteiger partial charge is 0.867 e. The van der Waals surface area contributed by atoms with Crippen molar-refractivity contribution in [2.24, 2.45) is 0 Å². The van der Waals surface area contributed by atoms with E-state index < -0.39 is 11.7 Å². The number of rotatable bonds is 8. The maximum absolute atomic E-state index is 12.3. The molecule has 0 atom stereocenters. The van der Waals surface area contributed by atoms with E-state index in [0.717, 1.165) is 0 Å². The first-order chi connectivity index (χ1) is 13.4. The van der Waals surface area contributed by atoms with E-state index in [0.29, 0.717) is 28.4 Å². The number of carbonyl (C=O) groups is 1. The Labute approximate surface area is 162 Å². The summed E-state index contributed by atoms with van der Waals surface area (Å²) in [5, 5.41) is 22.1. The third kappa shape index (κ3) is 3.90. The van der Waals surface area contributed by atoms with Gasteiger partial charge in [0.25, 0.3) is 0 Å². The monoisotopic (exact) mass is 389 g/mol. The smallest absolute Gasteiger partial charge is 0.336 e. The number of hydrogen-bond donors (Lipinski definition) is 1. The number of methoxy groups -OCH3 is 5. The fraction of sp³-hybridized carbons (Fsp3) is 0.250. The molecule has 0 aliphatic heterocycles. The summed E-state index contributed by atoms with van der Waals surface area (Å²) in [5.41, 5.74) is 0.494. The molecule has 0 bridgehead atoms. The van der Waals surface area contributed by atoms with Crippen molar-refractivity contribution >= 4 is 17.6 Å². The molecule has 0 unspecified atom stereocenters. The zero-order valence-corrected chi connectivity index (χ0v) is 16.2. The Morgan fingerprint density at radius 3 is 1.82 bits per heavy atom. The van der Waals surface area contributed by atoms with Crippen molar-refractivity contribution in [3.05, 3.63) is 35.4 Å². The summed E-state index contributed by atoms with van der Waals surface area (Å²) in [4.78, 5) is 11.9. The van der Waals surface area contributed by atoms with Gasteiger partial charge in [-0.25, -0.2) is 4.79 Å². The van der Waals surface area contributed by atoms with Gasteiger partial charge in [-0.15, -0.1) is 0 Å². The molecule has 0 aliphatic carbocycles.